The maximum Gasteiger partial charge on any atom is 0.141 e. The molecular formula is C12H20N4O. The van der Waals surface area contributed by atoms with Crippen molar-refractivity contribution in [3.8, 4) is 0 Å². The fourth-order valence-corrected chi connectivity index (χ4v) is 1.55. The summed E-state index contributed by atoms with van der Waals surface area (Å²) in [4.78, 5) is 6.31. The van der Waals surface area contributed by atoms with Crippen molar-refractivity contribution < 1.29 is 4.74 Å². The molecule has 0 aliphatic heterocycles. The molecule has 94 valence electrons. The topological polar surface area (TPSA) is 75.2 Å². The number of amidine groups is 1. The van der Waals surface area contributed by atoms with Crippen molar-refractivity contribution >= 4 is 5.84 Å². The molecule has 5 nitrogen and oxygen atoms in total. The van der Waals surface area contributed by atoms with Gasteiger partial charge in [0.2, 0.25) is 0 Å². The van der Waals surface area contributed by atoms with Crippen molar-refractivity contribution in [2.24, 2.45) is 5.73 Å². The lowest BCUT2D eigenvalue weighted by molar-refractivity contribution is 0.147. The zero-order chi connectivity index (χ0) is 12.7. The number of nitrogens with one attached hydrogen (secondary N) is 1. The highest BCUT2D eigenvalue weighted by molar-refractivity contribution is 5.93. The second kappa shape index (κ2) is 6.98. The molecule has 0 bridgehead atoms. The van der Waals surface area contributed by atoms with Crippen LogP contribution < -0.4 is 5.73 Å². The van der Waals surface area contributed by atoms with Gasteiger partial charge in [0, 0.05) is 26.4 Å². The number of nitrogen functional groups attached to an aromatic ring is 1. The molecule has 0 saturated heterocycles. The van der Waals surface area contributed by atoms with Crippen LogP contribution in [0.15, 0.2) is 18.3 Å². The summed E-state index contributed by atoms with van der Waals surface area (Å²) in [5, 5.41) is 7.35. The van der Waals surface area contributed by atoms with E-state index < -0.39 is 0 Å². The summed E-state index contributed by atoms with van der Waals surface area (Å²) < 4.78 is 5.07. The Labute approximate surface area is 102 Å². The lowest BCUT2D eigenvalue weighted by Crippen LogP contribution is -2.27. The predicted octanol–water partition coefficient (Wildman–Crippen LogP) is 0.834. The molecule has 0 fully saturated rings. The van der Waals surface area contributed by atoms with Gasteiger partial charge in [0.05, 0.1) is 6.61 Å². The minimum Gasteiger partial charge on any atom is -0.383 e. The molecule has 5 heteroatoms. The summed E-state index contributed by atoms with van der Waals surface area (Å²) in [6.45, 7) is 5.51. The zero-order valence-electron chi connectivity index (χ0n) is 10.4. The first-order valence-electron chi connectivity index (χ1n) is 5.68. The van der Waals surface area contributed by atoms with Crippen molar-refractivity contribution in [1.82, 2.24) is 9.88 Å². The Morgan fingerprint density at radius 3 is 2.94 bits per heavy atom. The van der Waals surface area contributed by atoms with Crippen LogP contribution in [0.5, 0.6) is 0 Å². The first kappa shape index (κ1) is 13.6. The van der Waals surface area contributed by atoms with E-state index in [1.165, 1.54) is 0 Å². The Morgan fingerprint density at radius 1 is 1.59 bits per heavy atom. The number of aromatic nitrogens is 1. The van der Waals surface area contributed by atoms with E-state index in [1.54, 1.807) is 13.3 Å². The smallest absolute Gasteiger partial charge is 0.141 e. The molecule has 0 amide bonds. The molecule has 0 spiro atoms. The van der Waals surface area contributed by atoms with Gasteiger partial charge in [0.25, 0.3) is 0 Å². The molecule has 0 aromatic carbocycles. The molecule has 17 heavy (non-hydrogen) atoms. The van der Waals surface area contributed by atoms with E-state index in [-0.39, 0.29) is 5.84 Å². The Bertz CT molecular complexity index is 367. The fraction of sp³-hybridized carbons (Fsp3) is 0.500. The van der Waals surface area contributed by atoms with Crippen LogP contribution in [-0.2, 0) is 11.3 Å². The van der Waals surface area contributed by atoms with Gasteiger partial charge in [-0.25, -0.2) is 0 Å². The van der Waals surface area contributed by atoms with Crippen LogP contribution in [-0.4, -0.2) is 42.5 Å². The molecule has 0 saturated carbocycles. The predicted molar refractivity (Wildman–Crippen MR) is 68.1 cm³/mol. The minimum atomic E-state index is 0.00629. The summed E-state index contributed by atoms with van der Waals surface area (Å²) in [7, 11) is 1.70. The van der Waals surface area contributed by atoms with Crippen molar-refractivity contribution in [3.63, 3.8) is 0 Å². The van der Waals surface area contributed by atoms with E-state index in [2.05, 4.69) is 16.8 Å². The normalized spacial score (nSPS) is 10.8. The number of nitrogens with two attached hydrogens (primary N) is 1. The first-order chi connectivity index (χ1) is 8.17. The maximum absolute atomic E-state index is 7.35. The second-order valence-corrected chi connectivity index (χ2v) is 3.82. The van der Waals surface area contributed by atoms with Crippen molar-refractivity contribution in [2.75, 3.05) is 26.8 Å². The molecule has 1 rings (SSSR count). The van der Waals surface area contributed by atoms with Crippen LogP contribution in [0.2, 0.25) is 0 Å². The largest absolute Gasteiger partial charge is 0.383 e. The van der Waals surface area contributed by atoms with Gasteiger partial charge in [0.1, 0.15) is 11.5 Å². The molecule has 1 aromatic heterocycles. The van der Waals surface area contributed by atoms with E-state index in [1.807, 2.05) is 12.1 Å². The van der Waals surface area contributed by atoms with E-state index in [4.69, 9.17) is 15.9 Å². The Hall–Kier alpha value is -1.46. The molecule has 3 N–H and O–H groups in total. The second-order valence-electron chi connectivity index (χ2n) is 3.82. The summed E-state index contributed by atoms with van der Waals surface area (Å²) in [6, 6.07) is 3.81. The minimum absolute atomic E-state index is 0.00629. The number of methoxy groups -OCH3 is 1. The number of rotatable bonds is 7. The molecule has 0 atom stereocenters. The summed E-state index contributed by atoms with van der Waals surface area (Å²) >= 11 is 0. The molecule has 1 aromatic rings. The van der Waals surface area contributed by atoms with E-state index >= 15 is 0 Å². The van der Waals surface area contributed by atoms with E-state index in [0.717, 1.165) is 31.8 Å². The van der Waals surface area contributed by atoms with Gasteiger partial charge in [-0.3, -0.25) is 15.3 Å². The lowest BCUT2D eigenvalue weighted by atomic mass is 10.2. The van der Waals surface area contributed by atoms with Gasteiger partial charge < -0.3 is 10.5 Å². The molecule has 0 radical (unpaired) electrons. The monoisotopic (exact) mass is 236 g/mol. The number of hydrogen-bond donors (Lipinski definition) is 2. The number of pyridine rings is 1. The van der Waals surface area contributed by atoms with E-state index in [9.17, 15) is 0 Å². The van der Waals surface area contributed by atoms with E-state index in [0.29, 0.717) is 5.69 Å². The molecule has 1 heterocycles. The lowest BCUT2D eigenvalue weighted by Gasteiger charge is -2.20. The van der Waals surface area contributed by atoms with Crippen molar-refractivity contribution in [2.45, 2.75) is 13.5 Å². The maximum atomic E-state index is 7.35. The zero-order valence-corrected chi connectivity index (χ0v) is 10.4. The average Bonchev–Trinajstić information content (AvgIpc) is 2.34. The third-order valence-electron chi connectivity index (χ3n) is 2.57. The van der Waals surface area contributed by atoms with Crippen molar-refractivity contribution in [3.05, 3.63) is 29.6 Å². The highest BCUT2D eigenvalue weighted by Crippen LogP contribution is 2.05. The third kappa shape index (κ3) is 4.50. The average molecular weight is 236 g/mol. The van der Waals surface area contributed by atoms with Gasteiger partial charge in [-0.2, -0.15) is 0 Å². The molecule has 0 unspecified atom stereocenters. The van der Waals surface area contributed by atoms with Crippen molar-refractivity contribution in [1.29, 1.82) is 5.41 Å². The van der Waals surface area contributed by atoms with Crippen LogP contribution in [0.4, 0.5) is 0 Å². The van der Waals surface area contributed by atoms with Crippen LogP contribution in [0, 0.1) is 5.41 Å². The Kier molecular flexibility index (Phi) is 5.59. The van der Waals surface area contributed by atoms with Gasteiger partial charge in [-0.15, -0.1) is 0 Å². The molecular weight excluding hydrogens is 216 g/mol. The van der Waals surface area contributed by atoms with Gasteiger partial charge in [-0.05, 0) is 24.2 Å². The quantitative estimate of drug-likeness (QED) is 0.543. The summed E-state index contributed by atoms with van der Waals surface area (Å²) in [6.07, 6.45) is 1.69. The third-order valence-corrected chi connectivity index (χ3v) is 2.57. The number of hydrogen-bond acceptors (Lipinski definition) is 4. The highest BCUT2D eigenvalue weighted by Gasteiger charge is 2.05. The van der Waals surface area contributed by atoms with Gasteiger partial charge in [0.15, 0.2) is 0 Å². The SMILES string of the molecule is CCN(CCOC)Cc1ccnc(C(=N)N)c1. The van der Waals surface area contributed by atoms with Gasteiger partial charge in [-0.1, -0.05) is 6.92 Å². The number of nitrogens with zero attached hydrogens (tertiary/aromatic N) is 2. The summed E-state index contributed by atoms with van der Waals surface area (Å²) in [5.41, 5.74) is 7.06. The summed E-state index contributed by atoms with van der Waals surface area (Å²) in [5.74, 6) is 0.00629. The molecule has 0 aliphatic carbocycles. The fourth-order valence-electron chi connectivity index (χ4n) is 1.55. The Balaban J connectivity index is 2.65. The van der Waals surface area contributed by atoms with Crippen LogP contribution in [0.1, 0.15) is 18.2 Å². The van der Waals surface area contributed by atoms with Crippen LogP contribution >= 0.6 is 0 Å². The highest BCUT2D eigenvalue weighted by atomic mass is 16.5. The van der Waals surface area contributed by atoms with Crippen LogP contribution in [0.3, 0.4) is 0 Å². The number of likely N-dealkylation sites (N-methyl/N-ethyl adjacent to an activating group) is 1. The van der Waals surface area contributed by atoms with Gasteiger partial charge >= 0.3 is 0 Å². The first-order valence-corrected chi connectivity index (χ1v) is 5.68. The van der Waals surface area contributed by atoms with Crippen LogP contribution in [0.25, 0.3) is 0 Å². The Morgan fingerprint density at radius 2 is 2.35 bits per heavy atom. The molecule has 0 aliphatic rings. The number of ether oxygens (including phenoxy) is 1. The standard InChI is InChI=1S/C12H20N4O/c1-3-16(6-7-17-2)9-10-4-5-15-11(8-10)12(13)14/h4-5,8H,3,6-7,9H2,1-2H3,(H3,13,14).